The third-order valence-electron chi connectivity index (χ3n) is 4.00. The Bertz CT molecular complexity index is 458. The Kier molecular flexibility index (Phi) is 3.91. The van der Waals surface area contributed by atoms with Gasteiger partial charge < -0.3 is 9.31 Å². The van der Waals surface area contributed by atoms with Crippen LogP contribution in [0.25, 0.3) is 0 Å². The maximum Gasteiger partial charge on any atom is 0.494 e. The molecule has 1 aliphatic heterocycles. The minimum Gasteiger partial charge on any atom is -0.399 e. The van der Waals surface area contributed by atoms with Crippen LogP contribution in [0.2, 0.25) is 0 Å². The zero-order valence-electron chi connectivity index (χ0n) is 12.0. The second-order valence-electron chi connectivity index (χ2n) is 5.99. The molecule has 1 heterocycles. The van der Waals surface area contributed by atoms with Gasteiger partial charge in [0.05, 0.1) is 11.2 Å². The van der Waals surface area contributed by atoms with Crippen molar-refractivity contribution < 1.29 is 22.5 Å². The first-order chi connectivity index (χ1) is 9.14. The van der Waals surface area contributed by atoms with E-state index in [4.69, 9.17) is 9.31 Å². The zero-order valence-corrected chi connectivity index (χ0v) is 12.0. The highest BCUT2D eigenvalue weighted by molar-refractivity contribution is 6.62. The highest BCUT2D eigenvalue weighted by atomic mass is 19.3. The Hall–Kier alpha value is -1.01. The molecule has 0 saturated carbocycles. The van der Waals surface area contributed by atoms with Gasteiger partial charge in [-0.1, -0.05) is 24.3 Å². The molecule has 1 fully saturated rings. The van der Waals surface area contributed by atoms with Crippen molar-refractivity contribution in [3.63, 3.8) is 0 Å². The lowest BCUT2D eigenvalue weighted by atomic mass is 9.78. The lowest BCUT2D eigenvalue weighted by molar-refractivity contribution is 0.00578. The molecule has 0 amide bonds. The molecule has 6 heteroatoms. The Morgan fingerprint density at radius 3 is 1.75 bits per heavy atom. The normalized spacial score (nSPS) is 22.3. The molecule has 1 aromatic carbocycles. The molecule has 0 spiro atoms. The fourth-order valence-electron chi connectivity index (χ4n) is 1.96. The summed E-state index contributed by atoms with van der Waals surface area (Å²) in [5.74, 6) is 0. The standard InChI is InChI=1S/C14H18BF3O2/c1-13(2)14(3,4)20-15(19-13)10-7-5-9(6-8-10)11(16)12(17)18/h5-8,11-12H,1-4H3. The average molecular weight is 286 g/mol. The van der Waals surface area contributed by atoms with Gasteiger partial charge in [0.25, 0.3) is 6.43 Å². The third kappa shape index (κ3) is 2.72. The second-order valence-corrected chi connectivity index (χ2v) is 5.99. The molecule has 0 aromatic heterocycles. The Balaban J connectivity index is 2.16. The molecule has 1 unspecified atom stereocenters. The quantitative estimate of drug-likeness (QED) is 0.794. The smallest absolute Gasteiger partial charge is 0.399 e. The van der Waals surface area contributed by atoms with Gasteiger partial charge in [-0.05, 0) is 38.7 Å². The van der Waals surface area contributed by atoms with E-state index in [2.05, 4.69) is 0 Å². The van der Waals surface area contributed by atoms with Crippen molar-refractivity contribution >= 4 is 12.6 Å². The van der Waals surface area contributed by atoms with Gasteiger partial charge in [-0.3, -0.25) is 0 Å². The predicted molar refractivity (Wildman–Crippen MR) is 72.0 cm³/mol. The summed E-state index contributed by atoms with van der Waals surface area (Å²) in [4.78, 5) is 0. The van der Waals surface area contributed by atoms with Crippen LogP contribution >= 0.6 is 0 Å². The fraction of sp³-hybridized carbons (Fsp3) is 0.571. The van der Waals surface area contributed by atoms with Crippen LogP contribution < -0.4 is 5.46 Å². The van der Waals surface area contributed by atoms with Crippen LogP contribution in [0.15, 0.2) is 24.3 Å². The molecular weight excluding hydrogens is 268 g/mol. The van der Waals surface area contributed by atoms with Crippen molar-refractivity contribution in [1.82, 2.24) is 0 Å². The number of alkyl halides is 3. The summed E-state index contributed by atoms with van der Waals surface area (Å²) >= 11 is 0. The van der Waals surface area contributed by atoms with E-state index >= 15 is 0 Å². The van der Waals surface area contributed by atoms with Crippen molar-refractivity contribution in [2.45, 2.75) is 51.5 Å². The summed E-state index contributed by atoms with van der Waals surface area (Å²) in [5, 5.41) is 0. The molecule has 0 aliphatic carbocycles. The van der Waals surface area contributed by atoms with Crippen LogP contribution in [-0.2, 0) is 9.31 Å². The molecule has 0 bridgehead atoms. The van der Waals surface area contributed by atoms with Gasteiger partial charge in [-0.25, -0.2) is 13.2 Å². The summed E-state index contributed by atoms with van der Waals surface area (Å²) in [6, 6.07) is 5.81. The molecule has 2 nitrogen and oxygen atoms in total. The molecule has 2 rings (SSSR count). The van der Waals surface area contributed by atoms with Gasteiger partial charge in [0.1, 0.15) is 0 Å². The highest BCUT2D eigenvalue weighted by Gasteiger charge is 2.51. The summed E-state index contributed by atoms with van der Waals surface area (Å²) < 4.78 is 49.5. The largest absolute Gasteiger partial charge is 0.494 e. The Morgan fingerprint density at radius 2 is 1.35 bits per heavy atom. The van der Waals surface area contributed by atoms with E-state index in [1.54, 1.807) is 12.1 Å². The lowest BCUT2D eigenvalue weighted by Gasteiger charge is -2.32. The van der Waals surface area contributed by atoms with E-state index in [0.29, 0.717) is 5.46 Å². The monoisotopic (exact) mass is 286 g/mol. The summed E-state index contributed by atoms with van der Waals surface area (Å²) in [6.45, 7) is 7.71. The van der Waals surface area contributed by atoms with Gasteiger partial charge in [-0.15, -0.1) is 0 Å². The molecule has 0 radical (unpaired) electrons. The van der Waals surface area contributed by atoms with Gasteiger partial charge in [-0.2, -0.15) is 0 Å². The summed E-state index contributed by atoms with van der Waals surface area (Å²) in [7, 11) is -0.571. The van der Waals surface area contributed by atoms with Gasteiger partial charge in [0.2, 0.25) is 0 Å². The minimum absolute atomic E-state index is 0.0414. The highest BCUT2D eigenvalue weighted by Crippen LogP contribution is 2.36. The van der Waals surface area contributed by atoms with E-state index in [-0.39, 0.29) is 5.56 Å². The van der Waals surface area contributed by atoms with Crippen molar-refractivity contribution in [3.8, 4) is 0 Å². The van der Waals surface area contributed by atoms with Crippen molar-refractivity contribution in [2.24, 2.45) is 0 Å². The predicted octanol–water partition coefficient (Wildman–Crippen LogP) is 3.26. The number of hydrogen-bond donors (Lipinski definition) is 0. The average Bonchev–Trinajstić information content (AvgIpc) is 2.57. The van der Waals surface area contributed by atoms with Crippen LogP contribution in [0.4, 0.5) is 13.2 Å². The first-order valence-corrected chi connectivity index (χ1v) is 6.52. The van der Waals surface area contributed by atoms with E-state index in [0.717, 1.165) is 0 Å². The molecular formula is C14H18BF3O2. The molecule has 110 valence electrons. The molecule has 1 saturated heterocycles. The molecule has 1 aromatic rings. The van der Waals surface area contributed by atoms with Crippen molar-refractivity contribution in [1.29, 1.82) is 0 Å². The SMILES string of the molecule is CC1(C)OB(c2ccc(C(F)C(F)F)cc2)OC1(C)C. The Labute approximate surface area is 117 Å². The first-order valence-electron chi connectivity index (χ1n) is 6.52. The number of rotatable bonds is 3. The summed E-state index contributed by atoms with van der Waals surface area (Å²) in [5.41, 5.74) is -0.293. The second kappa shape index (κ2) is 5.08. The minimum atomic E-state index is -3.02. The number of hydrogen-bond acceptors (Lipinski definition) is 2. The van der Waals surface area contributed by atoms with Crippen LogP contribution in [0, 0.1) is 0 Å². The molecule has 1 atom stereocenters. The fourth-order valence-corrected chi connectivity index (χ4v) is 1.96. The van der Waals surface area contributed by atoms with E-state index in [1.807, 2.05) is 27.7 Å². The van der Waals surface area contributed by atoms with Crippen molar-refractivity contribution in [3.05, 3.63) is 29.8 Å². The van der Waals surface area contributed by atoms with Crippen molar-refractivity contribution in [2.75, 3.05) is 0 Å². The van der Waals surface area contributed by atoms with Crippen LogP contribution in [0.1, 0.15) is 39.4 Å². The third-order valence-corrected chi connectivity index (χ3v) is 4.00. The zero-order chi connectivity index (χ0) is 15.1. The molecule has 1 aliphatic rings. The van der Waals surface area contributed by atoms with Gasteiger partial charge in [0.15, 0.2) is 6.17 Å². The maximum atomic E-state index is 13.2. The van der Waals surface area contributed by atoms with Crippen LogP contribution in [0.5, 0.6) is 0 Å². The number of halogens is 3. The van der Waals surface area contributed by atoms with E-state index < -0.39 is 30.9 Å². The number of benzene rings is 1. The van der Waals surface area contributed by atoms with Crippen LogP contribution in [0.3, 0.4) is 0 Å². The topological polar surface area (TPSA) is 18.5 Å². The van der Waals surface area contributed by atoms with Gasteiger partial charge in [0, 0.05) is 0 Å². The maximum absolute atomic E-state index is 13.2. The van der Waals surface area contributed by atoms with Gasteiger partial charge >= 0.3 is 7.12 Å². The lowest BCUT2D eigenvalue weighted by Crippen LogP contribution is -2.41. The van der Waals surface area contributed by atoms with E-state index in [9.17, 15) is 13.2 Å². The Morgan fingerprint density at radius 1 is 0.900 bits per heavy atom. The molecule has 0 N–H and O–H groups in total. The van der Waals surface area contributed by atoms with E-state index in [1.165, 1.54) is 12.1 Å². The first kappa shape index (κ1) is 15.4. The molecule has 20 heavy (non-hydrogen) atoms. The van der Waals surface area contributed by atoms with Crippen LogP contribution in [-0.4, -0.2) is 24.7 Å². The summed E-state index contributed by atoms with van der Waals surface area (Å²) in [6.07, 6.45) is -5.28.